The highest BCUT2D eigenvalue weighted by atomic mass is 16.5. The molecule has 9 nitrogen and oxygen atoms in total. The third kappa shape index (κ3) is 4.98. The fourth-order valence-corrected chi connectivity index (χ4v) is 4.49. The molecule has 1 aromatic heterocycles. The van der Waals surface area contributed by atoms with E-state index in [1.807, 2.05) is 41.3 Å². The monoisotopic (exact) mass is 464 g/mol. The van der Waals surface area contributed by atoms with E-state index in [1.165, 1.54) is 0 Å². The first-order valence-electron chi connectivity index (χ1n) is 11.5. The number of carbonyl (C=O) groups excluding carboxylic acids is 1. The van der Waals surface area contributed by atoms with E-state index in [0.717, 1.165) is 42.6 Å². The molecule has 1 fully saturated rings. The van der Waals surface area contributed by atoms with E-state index in [4.69, 9.17) is 9.47 Å². The van der Waals surface area contributed by atoms with Gasteiger partial charge < -0.3 is 19.7 Å². The van der Waals surface area contributed by atoms with Crippen LogP contribution < -0.4 is 14.8 Å². The normalized spacial score (nSPS) is 14.7. The molecule has 4 rings (SSSR count). The van der Waals surface area contributed by atoms with E-state index >= 15 is 0 Å². The zero-order chi connectivity index (χ0) is 24.3. The number of ether oxygens (including phenoxy) is 2. The Labute approximate surface area is 199 Å². The molecule has 0 unspecified atom stereocenters. The summed E-state index contributed by atoms with van der Waals surface area (Å²) in [7, 11) is 3.20. The Hall–Kier alpha value is -3.62. The summed E-state index contributed by atoms with van der Waals surface area (Å²) in [6.45, 7) is 8.33. The van der Waals surface area contributed by atoms with Crippen molar-refractivity contribution in [2.75, 3.05) is 32.6 Å². The first-order chi connectivity index (χ1) is 16.3. The first kappa shape index (κ1) is 23.5. The quantitative estimate of drug-likeness (QED) is 0.560. The van der Waals surface area contributed by atoms with E-state index in [9.17, 15) is 4.79 Å². The van der Waals surface area contributed by atoms with Crippen LogP contribution in [-0.4, -0.2) is 58.9 Å². The van der Waals surface area contributed by atoms with Gasteiger partial charge >= 0.3 is 6.03 Å². The molecule has 1 saturated heterocycles. The molecule has 0 saturated carbocycles. The molecule has 180 valence electrons. The molecule has 1 aliphatic heterocycles. The lowest BCUT2D eigenvalue weighted by Gasteiger charge is -2.38. The SMILES string of the molecule is COc1ccc(-c2ccc(NC(=O)N3CCC(C(C)(C)C)CC3)cc2-c2nn[nH]n2)cc1OC. The van der Waals surface area contributed by atoms with Crippen molar-refractivity contribution in [1.82, 2.24) is 25.5 Å². The Morgan fingerprint density at radius 1 is 1.03 bits per heavy atom. The van der Waals surface area contributed by atoms with Crippen molar-refractivity contribution >= 4 is 11.7 Å². The second-order valence-electron chi connectivity index (χ2n) is 9.62. The van der Waals surface area contributed by atoms with E-state index in [0.29, 0.717) is 28.9 Å². The van der Waals surface area contributed by atoms with E-state index < -0.39 is 0 Å². The number of aromatic amines is 1. The molecule has 0 atom stereocenters. The van der Waals surface area contributed by atoms with Gasteiger partial charge in [-0.3, -0.25) is 0 Å². The molecule has 2 amide bonds. The van der Waals surface area contributed by atoms with E-state index in [2.05, 4.69) is 46.7 Å². The Balaban J connectivity index is 1.58. The Kier molecular flexibility index (Phi) is 6.72. The van der Waals surface area contributed by atoms with E-state index in [-0.39, 0.29) is 11.4 Å². The number of rotatable bonds is 5. The number of benzene rings is 2. The van der Waals surface area contributed by atoms with Crippen molar-refractivity contribution in [3.63, 3.8) is 0 Å². The second-order valence-corrected chi connectivity index (χ2v) is 9.62. The van der Waals surface area contributed by atoms with Gasteiger partial charge in [0.2, 0.25) is 5.82 Å². The smallest absolute Gasteiger partial charge is 0.321 e. The number of hydrogen-bond acceptors (Lipinski definition) is 6. The van der Waals surface area contributed by atoms with Gasteiger partial charge in [0.25, 0.3) is 0 Å². The number of hydrogen-bond donors (Lipinski definition) is 2. The average Bonchev–Trinajstić information content (AvgIpc) is 3.38. The second kappa shape index (κ2) is 9.70. The van der Waals surface area contributed by atoms with Crippen LogP contribution in [0.1, 0.15) is 33.6 Å². The van der Waals surface area contributed by atoms with Crippen molar-refractivity contribution < 1.29 is 14.3 Å². The molecule has 2 aromatic carbocycles. The van der Waals surface area contributed by atoms with Crippen molar-refractivity contribution in [2.24, 2.45) is 11.3 Å². The zero-order valence-corrected chi connectivity index (χ0v) is 20.4. The molecule has 0 bridgehead atoms. The van der Waals surface area contributed by atoms with Gasteiger partial charge in [0.1, 0.15) is 0 Å². The maximum Gasteiger partial charge on any atom is 0.321 e. The Bertz CT molecular complexity index is 1130. The topological polar surface area (TPSA) is 105 Å². The predicted octanol–water partition coefficient (Wildman–Crippen LogP) is 4.84. The summed E-state index contributed by atoms with van der Waals surface area (Å²) < 4.78 is 10.8. The number of aromatic nitrogens is 4. The summed E-state index contributed by atoms with van der Waals surface area (Å²) in [4.78, 5) is 14.9. The number of carbonyl (C=O) groups is 1. The van der Waals surface area contributed by atoms with Crippen molar-refractivity contribution in [3.05, 3.63) is 36.4 Å². The summed E-state index contributed by atoms with van der Waals surface area (Å²) in [6.07, 6.45) is 2.03. The summed E-state index contributed by atoms with van der Waals surface area (Å²) in [5, 5.41) is 17.6. The lowest BCUT2D eigenvalue weighted by molar-refractivity contribution is 0.128. The van der Waals surface area contributed by atoms with Crippen LogP contribution in [0.4, 0.5) is 10.5 Å². The molecule has 0 aliphatic carbocycles. The van der Waals surface area contributed by atoms with Gasteiger partial charge in [-0.05, 0) is 64.8 Å². The van der Waals surface area contributed by atoms with Gasteiger partial charge in [-0.2, -0.15) is 5.21 Å². The lowest BCUT2D eigenvalue weighted by atomic mass is 9.75. The third-order valence-corrected chi connectivity index (χ3v) is 6.56. The number of piperidine rings is 1. The zero-order valence-electron chi connectivity index (χ0n) is 20.4. The number of nitrogens with zero attached hydrogens (tertiary/aromatic N) is 4. The number of urea groups is 1. The molecule has 0 spiro atoms. The molecule has 0 radical (unpaired) electrons. The van der Waals surface area contributed by atoms with Crippen LogP contribution in [0.3, 0.4) is 0 Å². The third-order valence-electron chi connectivity index (χ3n) is 6.56. The van der Waals surface area contributed by atoms with Crippen LogP contribution in [0, 0.1) is 11.3 Å². The number of amides is 2. The summed E-state index contributed by atoms with van der Waals surface area (Å²) in [5.41, 5.74) is 3.46. The molecule has 2 N–H and O–H groups in total. The number of anilines is 1. The minimum Gasteiger partial charge on any atom is -0.493 e. The van der Waals surface area contributed by atoms with Gasteiger partial charge in [-0.25, -0.2) is 4.79 Å². The minimum absolute atomic E-state index is 0.0923. The maximum absolute atomic E-state index is 13.0. The summed E-state index contributed by atoms with van der Waals surface area (Å²) in [6, 6.07) is 11.3. The van der Waals surface area contributed by atoms with Gasteiger partial charge in [0.15, 0.2) is 11.5 Å². The van der Waals surface area contributed by atoms with Gasteiger partial charge in [-0.1, -0.05) is 32.9 Å². The average molecular weight is 465 g/mol. The van der Waals surface area contributed by atoms with Crippen molar-refractivity contribution in [1.29, 1.82) is 0 Å². The highest BCUT2D eigenvalue weighted by Crippen LogP contribution is 2.38. The van der Waals surface area contributed by atoms with Crippen LogP contribution in [0.5, 0.6) is 11.5 Å². The van der Waals surface area contributed by atoms with Gasteiger partial charge in [0, 0.05) is 24.3 Å². The van der Waals surface area contributed by atoms with Crippen LogP contribution in [0.25, 0.3) is 22.5 Å². The molecule has 9 heteroatoms. The number of methoxy groups -OCH3 is 2. The lowest BCUT2D eigenvalue weighted by Crippen LogP contribution is -2.43. The number of tetrazole rings is 1. The first-order valence-corrected chi connectivity index (χ1v) is 11.5. The molecule has 1 aliphatic rings. The van der Waals surface area contributed by atoms with Crippen LogP contribution in [0.2, 0.25) is 0 Å². The van der Waals surface area contributed by atoms with Gasteiger partial charge in [0.05, 0.1) is 14.2 Å². The maximum atomic E-state index is 13.0. The van der Waals surface area contributed by atoms with Crippen molar-refractivity contribution in [2.45, 2.75) is 33.6 Å². The fourth-order valence-electron chi connectivity index (χ4n) is 4.49. The molecule has 2 heterocycles. The minimum atomic E-state index is -0.0923. The summed E-state index contributed by atoms with van der Waals surface area (Å²) >= 11 is 0. The van der Waals surface area contributed by atoms with Crippen molar-refractivity contribution in [3.8, 4) is 34.0 Å². The van der Waals surface area contributed by atoms with Crippen LogP contribution in [0.15, 0.2) is 36.4 Å². The number of H-pyrrole nitrogens is 1. The van der Waals surface area contributed by atoms with Crippen LogP contribution >= 0.6 is 0 Å². The van der Waals surface area contributed by atoms with Crippen LogP contribution in [-0.2, 0) is 0 Å². The molecular formula is C25H32N6O3. The standard InChI is InChI=1S/C25H32N6O3/c1-25(2,3)17-10-12-31(13-11-17)24(32)26-18-7-8-19(20(15-18)23-27-29-30-28-23)16-6-9-21(33-4)22(14-16)34-5/h6-9,14-15,17H,10-13H2,1-5H3,(H,26,32)(H,27,28,29,30). The highest BCUT2D eigenvalue weighted by molar-refractivity contribution is 5.92. The number of likely N-dealkylation sites (tertiary alicyclic amines) is 1. The predicted molar refractivity (Wildman–Crippen MR) is 131 cm³/mol. The number of nitrogens with one attached hydrogen (secondary N) is 2. The van der Waals surface area contributed by atoms with Gasteiger partial charge in [-0.15, -0.1) is 10.2 Å². The molecule has 3 aromatic rings. The Morgan fingerprint density at radius 2 is 1.76 bits per heavy atom. The largest absolute Gasteiger partial charge is 0.493 e. The summed E-state index contributed by atoms with van der Waals surface area (Å²) in [5.74, 6) is 2.33. The fraction of sp³-hybridized carbons (Fsp3) is 0.440. The van der Waals surface area contributed by atoms with E-state index in [1.54, 1.807) is 14.2 Å². The Morgan fingerprint density at radius 3 is 2.38 bits per heavy atom. The molecular weight excluding hydrogens is 432 g/mol. The molecule has 34 heavy (non-hydrogen) atoms. The highest BCUT2D eigenvalue weighted by Gasteiger charge is 2.30.